The third-order valence-electron chi connectivity index (χ3n) is 6.59. The van der Waals surface area contributed by atoms with Crippen LogP contribution >= 0.6 is 12.3 Å². The van der Waals surface area contributed by atoms with E-state index < -0.39 is 0 Å². The van der Waals surface area contributed by atoms with E-state index in [1.807, 2.05) is 12.1 Å². The number of aryl methyl sites for hydroxylation is 1. The first-order valence-corrected chi connectivity index (χ1v) is 9.26. The predicted octanol–water partition coefficient (Wildman–Crippen LogP) is 0.281. The van der Waals surface area contributed by atoms with Crippen molar-refractivity contribution in [3.05, 3.63) is 29.3 Å². The molecule has 1 aromatic rings. The molecule has 5 nitrogen and oxygen atoms in total. The normalized spacial score (nSPS) is 33.0. The molecule has 0 aliphatic heterocycles. The van der Waals surface area contributed by atoms with Crippen LogP contribution in [0.4, 0.5) is 0 Å². The minimum Gasteiger partial charge on any atom is -0.691 e. The van der Waals surface area contributed by atoms with E-state index >= 15 is 0 Å². The molecular weight excluding hydrogens is 351 g/mol. The quantitative estimate of drug-likeness (QED) is 0.249. The number of benzene rings is 1. The summed E-state index contributed by atoms with van der Waals surface area (Å²) in [6, 6.07) is 6.08. The van der Waals surface area contributed by atoms with Gasteiger partial charge in [0.15, 0.2) is 0 Å². The molecule has 0 amide bonds. The van der Waals surface area contributed by atoms with Crippen molar-refractivity contribution < 1.29 is 53.2 Å². The molecule has 3 aliphatic carbocycles. The standard InChI is InChI=1S/C18H22O5S.Na/c1-18-9-8-14-13-5-3-12(21-24-23-22-20)10-11(13)2-4-15(14)16(18)6-7-17(18)19;/h3,5,10,14-16,20H,2,4,6-9H2,1H3;/q;+1/p-1/t14?,15?,16?,18-;/m0./s1. The van der Waals surface area contributed by atoms with Gasteiger partial charge in [0.2, 0.25) is 0 Å². The Bertz CT molecular complexity index is 654. The van der Waals surface area contributed by atoms with Gasteiger partial charge < -0.3 is 9.44 Å². The number of Topliss-reactive ketones (excluding diaryl/α,β-unsaturated/α-hetero) is 1. The molecule has 4 rings (SSSR count). The van der Waals surface area contributed by atoms with E-state index in [9.17, 15) is 10.1 Å². The number of carbonyl (C=O) groups excluding carboxylic acids is 1. The Balaban J connectivity index is 0.00000182. The van der Waals surface area contributed by atoms with Crippen LogP contribution in [0.2, 0.25) is 0 Å². The van der Waals surface area contributed by atoms with E-state index in [-0.39, 0.29) is 35.0 Å². The molecule has 0 heterocycles. The third kappa shape index (κ3) is 3.43. The average Bonchev–Trinajstić information content (AvgIpc) is 2.90. The molecule has 0 spiro atoms. The first kappa shape index (κ1) is 19.7. The molecule has 1 aromatic carbocycles. The number of ketones is 1. The molecule has 3 unspecified atom stereocenters. The minimum atomic E-state index is -0.0754. The first-order valence-electron chi connectivity index (χ1n) is 8.59. The van der Waals surface area contributed by atoms with Gasteiger partial charge in [0.1, 0.15) is 11.5 Å². The second-order valence-electron chi connectivity index (χ2n) is 7.48. The van der Waals surface area contributed by atoms with Crippen LogP contribution in [0.1, 0.15) is 56.1 Å². The van der Waals surface area contributed by atoms with E-state index in [4.69, 9.17) is 4.18 Å². The van der Waals surface area contributed by atoms with Gasteiger partial charge in [-0.25, -0.2) is 0 Å². The van der Waals surface area contributed by atoms with Gasteiger partial charge in [-0.1, -0.05) is 13.0 Å². The van der Waals surface area contributed by atoms with Crippen LogP contribution in [0.15, 0.2) is 18.2 Å². The van der Waals surface area contributed by atoms with Crippen molar-refractivity contribution in [1.29, 1.82) is 0 Å². The molecule has 3 aliphatic rings. The summed E-state index contributed by atoms with van der Waals surface area (Å²) in [5, 5.41) is 13.1. The maximum absolute atomic E-state index is 12.4. The fourth-order valence-electron chi connectivity index (χ4n) is 5.45. The average molecular weight is 372 g/mol. The van der Waals surface area contributed by atoms with Crippen molar-refractivity contribution >= 4 is 18.1 Å². The summed E-state index contributed by atoms with van der Waals surface area (Å²) in [4.78, 5) is 12.4. The molecule has 7 heteroatoms. The van der Waals surface area contributed by atoms with Gasteiger partial charge in [-0.15, -0.1) is 4.33 Å². The van der Waals surface area contributed by atoms with Gasteiger partial charge >= 0.3 is 29.6 Å². The molecule has 25 heavy (non-hydrogen) atoms. The SMILES string of the molecule is C[C@]12CCC3c4ccc(OSOO[O-])cc4CCC3C1CCC2=O.[Na+]. The van der Waals surface area contributed by atoms with Gasteiger partial charge in [-0.05, 0) is 73.1 Å². The minimum absolute atomic E-state index is 0. The van der Waals surface area contributed by atoms with Crippen molar-refractivity contribution in [2.24, 2.45) is 17.3 Å². The molecule has 0 N–H and O–H groups in total. The number of rotatable bonds is 4. The van der Waals surface area contributed by atoms with Gasteiger partial charge in [-0.3, -0.25) is 9.83 Å². The van der Waals surface area contributed by atoms with Gasteiger partial charge in [-0.2, -0.15) is 0 Å². The molecule has 2 saturated carbocycles. The fourth-order valence-corrected chi connectivity index (χ4v) is 5.68. The van der Waals surface area contributed by atoms with Crippen LogP contribution in [0.25, 0.3) is 0 Å². The predicted molar refractivity (Wildman–Crippen MR) is 86.5 cm³/mol. The summed E-state index contributed by atoms with van der Waals surface area (Å²) in [5.74, 6) is 2.87. The van der Waals surface area contributed by atoms with Gasteiger partial charge in [0.25, 0.3) is 12.3 Å². The maximum atomic E-state index is 12.4. The Labute approximate surface area is 174 Å². The fraction of sp³-hybridized carbons (Fsp3) is 0.611. The summed E-state index contributed by atoms with van der Waals surface area (Å²) in [7, 11) is 0. The zero-order valence-electron chi connectivity index (χ0n) is 14.7. The molecule has 0 aromatic heterocycles. The first-order chi connectivity index (χ1) is 11.6. The Morgan fingerprint density at radius 2 is 2.08 bits per heavy atom. The van der Waals surface area contributed by atoms with Crippen LogP contribution in [0.5, 0.6) is 5.75 Å². The maximum Gasteiger partial charge on any atom is 1.00 e. The molecule has 0 bridgehead atoms. The zero-order valence-corrected chi connectivity index (χ0v) is 17.5. The third-order valence-corrected chi connectivity index (χ3v) is 6.96. The summed E-state index contributed by atoms with van der Waals surface area (Å²) in [5.41, 5.74) is 2.64. The summed E-state index contributed by atoms with van der Waals surface area (Å²) < 4.78 is 9.42. The van der Waals surface area contributed by atoms with Crippen molar-refractivity contribution in [1.82, 2.24) is 0 Å². The second kappa shape index (κ2) is 7.89. The number of hydrogen-bond acceptors (Lipinski definition) is 6. The van der Waals surface area contributed by atoms with Gasteiger partial charge in [0, 0.05) is 11.8 Å². The molecule has 0 saturated heterocycles. The molecule has 130 valence electrons. The monoisotopic (exact) mass is 372 g/mol. The van der Waals surface area contributed by atoms with Crippen molar-refractivity contribution in [2.75, 3.05) is 0 Å². The molecule has 4 atom stereocenters. The van der Waals surface area contributed by atoms with E-state index in [1.165, 1.54) is 11.1 Å². The Hall–Kier alpha value is -0.0800. The topological polar surface area (TPSA) is 67.8 Å². The zero-order chi connectivity index (χ0) is 16.7. The van der Waals surface area contributed by atoms with Crippen LogP contribution in [0, 0.1) is 17.3 Å². The van der Waals surface area contributed by atoms with E-state index in [2.05, 4.69) is 22.4 Å². The van der Waals surface area contributed by atoms with Crippen molar-refractivity contribution in [2.45, 2.75) is 51.4 Å². The summed E-state index contributed by atoms with van der Waals surface area (Å²) in [6.45, 7) is 2.20. The second-order valence-corrected chi connectivity index (χ2v) is 7.92. The van der Waals surface area contributed by atoms with Crippen LogP contribution in [-0.2, 0) is 20.6 Å². The van der Waals surface area contributed by atoms with E-state index in [0.717, 1.165) is 38.5 Å². The Kier molecular flexibility index (Phi) is 6.21. The van der Waals surface area contributed by atoms with Gasteiger partial charge in [0.05, 0.1) is 0 Å². The molecule has 2 fully saturated rings. The molecular formula is C18H21NaO5S. The number of hydrogen-bond donors (Lipinski definition) is 0. The van der Waals surface area contributed by atoms with Crippen molar-refractivity contribution in [3.63, 3.8) is 0 Å². The Morgan fingerprint density at radius 3 is 2.88 bits per heavy atom. The Morgan fingerprint density at radius 1 is 1.24 bits per heavy atom. The van der Waals surface area contributed by atoms with E-state index in [1.54, 1.807) is 0 Å². The summed E-state index contributed by atoms with van der Waals surface area (Å²) in [6.07, 6.45) is 6.09. The van der Waals surface area contributed by atoms with Crippen LogP contribution in [-0.4, -0.2) is 5.78 Å². The van der Waals surface area contributed by atoms with E-state index in [0.29, 0.717) is 41.6 Å². The largest absolute Gasteiger partial charge is 1.00 e. The smallest absolute Gasteiger partial charge is 0.691 e. The number of fused-ring (bicyclic) bond motifs is 5. The number of carbonyl (C=O) groups is 1. The molecule has 0 radical (unpaired) electrons. The van der Waals surface area contributed by atoms with Crippen molar-refractivity contribution in [3.8, 4) is 5.75 Å². The summed E-state index contributed by atoms with van der Waals surface area (Å²) >= 11 is 0.520. The van der Waals surface area contributed by atoms with Crippen LogP contribution in [0.3, 0.4) is 0 Å². The van der Waals surface area contributed by atoms with Crippen LogP contribution < -0.4 is 39.0 Å².